The molecule has 0 spiro atoms. The summed E-state index contributed by atoms with van der Waals surface area (Å²) in [5, 5.41) is 5.26. The third-order valence-corrected chi connectivity index (χ3v) is 4.47. The van der Waals surface area contributed by atoms with E-state index in [1.807, 2.05) is 6.07 Å². The lowest BCUT2D eigenvalue weighted by Gasteiger charge is -2.07. The van der Waals surface area contributed by atoms with Crippen molar-refractivity contribution in [2.24, 2.45) is 11.8 Å². The number of carbonyl (C=O) groups is 2. The van der Waals surface area contributed by atoms with Crippen LogP contribution in [0.15, 0.2) is 46.9 Å². The summed E-state index contributed by atoms with van der Waals surface area (Å²) < 4.78 is 26.8. The van der Waals surface area contributed by atoms with Gasteiger partial charge in [-0.2, -0.15) is 0 Å². The molecule has 0 bridgehead atoms. The normalized spacial score (nSPS) is 18.8. The van der Waals surface area contributed by atoms with Gasteiger partial charge in [0.25, 0.3) is 0 Å². The maximum absolute atomic E-state index is 13.1. The molecular weight excluding hydrogens is 382 g/mol. The van der Waals surface area contributed by atoms with Gasteiger partial charge >= 0.3 is 0 Å². The monoisotopic (exact) mass is 394 g/mol. The van der Waals surface area contributed by atoms with Gasteiger partial charge in [-0.05, 0) is 46.6 Å². The number of amides is 2. The summed E-state index contributed by atoms with van der Waals surface area (Å²) in [7, 11) is 0. The Morgan fingerprint density at radius 1 is 0.958 bits per heavy atom. The molecule has 1 aliphatic rings. The maximum Gasteiger partial charge on any atom is 0.228 e. The minimum Gasteiger partial charge on any atom is -0.326 e. The van der Waals surface area contributed by atoms with Crippen molar-refractivity contribution in [1.82, 2.24) is 0 Å². The number of rotatable bonds is 4. The Morgan fingerprint density at radius 3 is 2.29 bits per heavy atom. The summed E-state index contributed by atoms with van der Waals surface area (Å²) in [5.41, 5.74) is 0.796. The largest absolute Gasteiger partial charge is 0.326 e. The van der Waals surface area contributed by atoms with E-state index in [-0.39, 0.29) is 17.5 Å². The van der Waals surface area contributed by atoms with Gasteiger partial charge in [0.2, 0.25) is 11.8 Å². The zero-order chi connectivity index (χ0) is 17.3. The molecule has 2 amide bonds. The molecule has 0 aliphatic heterocycles. The number of nitrogens with one attached hydrogen (secondary N) is 2. The summed E-state index contributed by atoms with van der Waals surface area (Å²) in [5.74, 6) is -3.54. The van der Waals surface area contributed by atoms with Crippen molar-refractivity contribution in [2.45, 2.75) is 6.42 Å². The molecule has 1 fully saturated rings. The highest BCUT2D eigenvalue weighted by Gasteiger charge is 2.48. The Hall–Kier alpha value is -2.28. The summed E-state index contributed by atoms with van der Waals surface area (Å²) in [6, 6.07) is 10.3. The van der Waals surface area contributed by atoms with E-state index in [4.69, 9.17) is 0 Å². The number of carbonyl (C=O) groups excluding carboxylic acids is 2. The molecule has 0 saturated heterocycles. The molecular formula is C17H13BrF2N2O2. The molecule has 2 N–H and O–H groups in total. The first kappa shape index (κ1) is 16.6. The second-order valence-electron chi connectivity index (χ2n) is 5.54. The first-order chi connectivity index (χ1) is 11.5. The van der Waals surface area contributed by atoms with Crippen LogP contribution in [0.4, 0.5) is 20.2 Å². The quantitative estimate of drug-likeness (QED) is 0.824. The first-order valence-corrected chi connectivity index (χ1v) is 8.06. The van der Waals surface area contributed by atoms with E-state index in [1.54, 1.807) is 18.2 Å². The van der Waals surface area contributed by atoms with Crippen molar-refractivity contribution in [1.29, 1.82) is 0 Å². The number of benzene rings is 2. The third-order valence-electron chi connectivity index (χ3n) is 3.78. The summed E-state index contributed by atoms with van der Waals surface area (Å²) in [6.07, 6.45) is 0.422. The minimum absolute atomic E-state index is 0.163. The molecule has 2 unspecified atom stereocenters. The molecule has 3 rings (SSSR count). The van der Waals surface area contributed by atoms with Gasteiger partial charge in [0.05, 0.1) is 17.5 Å². The van der Waals surface area contributed by atoms with Gasteiger partial charge < -0.3 is 10.6 Å². The molecule has 2 atom stereocenters. The second-order valence-corrected chi connectivity index (χ2v) is 6.39. The fraction of sp³-hybridized carbons (Fsp3) is 0.176. The molecule has 2 aromatic rings. The Balaban J connectivity index is 1.58. The van der Waals surface area contributed by atoms with Gasteiger partial charge in [-0.3, -0.25) is 9.59 Å². The highest BCUT2D eigenvalue weighted by Crippen LogP contribution is 2.40. The molecule has 124 valence electrons. The lowest BCUT2D eigenvalue weighted by Crippen LogP contribution is -2.20. The van der Waals surface area contributed by atoms with Crippen molar-refractivity contribution in [3.8, 4) is 0 Å². The molecule has 7 heteroatoms. The van der Waals surface area contributed by atoms with E-state index >= 15 is 0 Å². The molecule has 0 aromatic heterocycles. The Morgan fingerprint density at radius 2 is 1.62 bits per heavy atom. The number of halogens is 3. The smallest absolute Gasteiger partial charge is 0.228 e. The van der Waals surface area contributed by atoms with Crippen molar-refractivity contribution >= 4 is 39.1 Å². The fourth-order valence-electron chi connectivity index (χ4n) is 2.37. The van der Waals surface area contributed by atoms with Crippen LogP contribution in [0.2, 0.25) is 0 Å². The van der Waals surface area contributed by atoms with Gasteiger partial charge in [-0.25, -0.2) is 8.78 Å². The van der Waals surface area contributed by atoms with E-state index in [9.17, 15) is 18.4 Å². The third kappa shape index (κ3) is 3.62. The lowest BCUT2D eigenvalue weighted by molar-refractivity contribution is -0.122. The Bertz CT molecular complexity index is 813. The predicted molar refractivity (Wildman–Crippen MR) is 89.4 cm³/mol. The first-order valence-electron chi connectivity index (χ1n) is 7.27. The Labute approximate surface area is 145 Å². The van der Waals surface area contributed by atoms with E-state index in [0.717, 1.165) is 16.6 Å². The van der Waals surface area contributed by atoms with Gasteiger partial charge in [-0.15, -0.1) is 0 Å². The molecule has 24 heavy (non-hydrogen) atoms. The van der Waals surface area contributed by atoms with E-state index in [2.05, 4.69) is 26.6 Å². The van der Waals surface area contributed by atoms with Gasteiger partial charge in [0, 0.05) is 16.2 Å². The van der Waals surface area contributed by atoms with Crippen LogP contribution in [0, 0.1) is 23.5 Å². The van der Waals surface area contributed by atoms with Gasteiger partial charge in [0.1, 0.15) is 0 Å². The second kappa shape index (κ2) is 6.68. The summed E-state index contributed by atoms with van der Waals surface area (Å²) >= 11 is 3.34. The predicted octanol–water partition coefficient (Wildman–Crippen LogP) is 3.94. The highest BCUT2D eigenvalue weighted by atomic mass is 79.9. The Kier molecular flexibility index (Phi) is 4.62. The number of hydrogen-bond donors (Lipinski definition) is 2. The van der Waals surface area contributed by atoms with E-state index < -0.39 is 23.5 Å². The molecule has 1 aliphatic carbocycles. The maximum atomic E-state index is 13.1. The standard InChI is InChI=1S/C17H13BrF2N2O2/c18-12-3-1-2-4-15(12)22-17(24)11-8-10(11)16(23)21-9-5-6-13(19)14(20)7-9/h1-7,10-11H,8H2,(H,21,23)(H,22,24). The molecule has 2 aromatic carbocycles. The average Bonchev–Trinajstić information content (AvgIpc) is 3.34. The van der Waals surface area contributed by atoms with Crippen LogP contribution >= 0.6 is 15.9 Å². The fourth-order valence-corrected chi connectivity index (χ4v) is 2.76. The topological polar surface area (TPSA) is 58.2 Å². The summed E-state index contributed by atoms with van der Waals surface area (Å²) in [4.78, 5) is 24.3. The van der Waals surface area contributed by atoms with E-state index in [0.29, 0.717) is 12.1 Å². The van der Waals surface area contributed by atoms with Crippen molar-refractivity contribution in [3.63, 3.8) is 0 Å². The van der Waals surface area contributed by atoms with Crippen LogP contribution in [0.1, 0.15) is 6.42 Å². The van der Waals surface area contributed by atoms with E-state index in [1.165, 1.54) is 6.07 Å². The molecule has 0 radical (unpaired) electrons. The van der Waals surface area contributed by atoms with Crippen LogP contribution in [-0.4, -0.2) is 11.8 Å². The summed E-state index contributed by atoms with van der Waals surface area (Å²) in [6.45, 7) is 0. The van der Waals surface area contributed by atoms with Crippen LogP contribution in [0.5, 0.6) is 0 Å². The highest BCUT2D eigenvalue weighted by molar-refractivity contribution is 9.10. The van der Waals surface area contributed by atoms with Crippen LogP contribution in [-0.2, 0) is 9.59 Å². The average molecular weight is 395 g/mol. The zero-order valence-corrected chi connectivity index (χ0v) is 13.9. The van der Waals surface area contributed by atoms with Crippen LogP contribution in [0.25, 0.3) is 0 Å². The SMILES string of the molecule is O=C(Nc1ccc(F)c(F)c1)C1CC1C(=O)Nc1ccccc1Br. The number of anilines is 2. The lowest BCUT2D eigenvalue weighted by atomic mass is 10.2. The molecule has 0 heterocycles. The zero-order valence-electron chi connectivity index (χ0n) is 12.4. The number of hydrogen-bond acceptors (Lipinski definition) is 2. The van der Waals surface area contributed by atoms with Crippen LogP contribution in [0.3, 0.4) is 0 Å². The molecule has 4 nitrogen and oxygen atoms in total. The van der Waals surface area contributed by atoms with Crippen molar-refractivity contribution < 1.29 is 18.4 Å². The van der Waals surface area contributed by atoms with Crippen molar-refractivity contribution in [2.75, 3.05) is 10.6 Å². The van der Waals surface area contributed by atoms with Crippen molar-refractivity contribution in [3.05, 3.63) is 58.6 Å². The minimum atomic E-state index is -1.04. The van der Waals surface area contributed by atoms with Crippen LogP contribution < -0.4 is 10.6 Å². The number of para-hydroxylation sites is 1. The molecule has 1 saturated carbocycles. The van der Waals surface area contributed by atoms with Gasteiger partial charge in [-0.1, -0.05) is 12.1 Å². The van der Waals surface area contributed by atoms with Gasteiger partial charge in [0.15, 0.2) is 11.6 Å².